The molecule has 2 aliphatic heterocycles. The molecule has 0 spiro atoms. The van der Waals surface area contributed by atoms with Crippen molar-refractivity contribution in [1.29, 1.82) is 0 Å². The molecule has 1 aromatic carbocycles. The van der Waals surface area contributed by atoms with Gasteiger partial charge >= 0.3 is 6.03 Å². The molecular weight excluding hydrogens is 444 g/mol. The third-order valence-corrected chi connectivity index (χ3v) is 5.67. The van der Waals surface area contributed by atoms with Crippen LogP contribution in [0.2, 0.25) is 0 Å². The zero-order valence-corrected chi connectivity index (χ0v) is 19.2. The number of benzene rings is 1. The Morgan fingerprint density at radius 2 is 1.94 bits per heavy atom. The Labute approximate surface area is 196 Å². The average molecular weight is 476 g/mol. The number of hydrogen-bond acceptors (Lipinski definition) is 7. The first-order valence-electron chi connectivity index (χ1n) is 10.8. The standard InChI is InChI=1S/C21H32N8O3S/c22-20(23)26-8-1-7-25-13-15-2-4-18(5-3-15)29-14-16-12-17(27-19(16)28-21(29)30)6-9-24-10-11-33(31)32/h2-5,12,14,19,24-25,27H,1,6-11,13H2,(H,28,30)(H,31,32)(H4,22,23,26)/p-1. The maximum atomic E-state index is 12.6. The number of guanidine groups is 1. The van der Waals surface area contributed by atoms with Crippen molar-refractivity contribution >= 4 is 28.8 Å². The van der Waals surface area contributed by atoms with Crippen molar-refractivity contribution in [1.82, 2.24) is 21.3 Å². The summed E-state index contributed by atoms with van der Waals surface area (Å²) in [6.07, 6.45) is 5.17. The Morgan fingerprint density at radius 1 is 1.15 bits per heavy atom. The number of nitrogens with two attached hydrogens (primary N) is 2. The van der Waals surface area contributed by atoms with E-state index in [1.807, 2.05) is 36.5 Å². The van der Waals surface area contributed by atoms with E-state index >= 15 is 0 Å². The van der Waals surface area contributed by atoms with Gasteiger partial charge in [-0.2, -0.15) is 0 Å². The van der Waals surface area contributed by atoms with Gasteiger partial charge in [0, 0.05) is 49.4 Å². The van der Waals surface area contributed by atoms with Crippen LogP contribution in [0, 0.1) is 0 Å². The van der Waals surface area contributed by atoms with Crippen LogP contribution in [0.15, 0.2) is 52.8 Å². The quantitative estimate of drug-likeness (QED) is 0.0961. The highest BCUT2D eigenvalue weighted by Crippen LogP contribution is 2.25. The number of anilines is 1. The summed E-state index contributed by atoms with van der Waals surface area (Å²) in [5, 5.41) is 12.7. The topological polar surface area (TPSA) is 173 Å². The van der Waals surface area contributed by atoms with Gasteiger partial charge in [0.2, 0.25) is 0 Å². The SMILES string of the molecule is NC(N)=NCCCNCc1ccc(N2C=C3C=C(CCNCCS(=O)[O-])NC3NC2=O)cc1. The second kappa shape index (κ2) is 12.3. The molecule has 2 aliphatic rings. The highest BCUT2D eigenvalue weighted by atomic mass is 32.2. The molecule has 3 rings (SSSR count). The van der Waals surface area contributed by atoms with E-state index < -0.39 is 11.1 Å². The summed E-state index contributed by atoms with van der Waals surface area (Å²) in [6.45, 7) is 3.18. The number of amides is 2. The Hall–Kier alpha value is -2.93. The molecule has 180 valence electrons. The van der Waals surface area contributed by atoms with Crippen LogP contribution in [-0.2, 0) is 17.6 Å². The Morgan fingerprint density at radius 3 is 2.67 bits per heavy atom. The molecular formula is C21H31N8O3S-. The normalized spacial score (nSPS) is 18.0. The van der Waals surface area contributed by atoms with E-state index in [1.165, 1.54) is 0 Å². The van der Waals surface area contributed by atoms with Crippen molar-refractivity contribution in [2.45, 2.75) is 25.6 Å². The molecule has 0 radical (unpaired) electrons. The molecule has 0 saturated heterocycles. The number of nitrogens with zero attached hydrogens (tertiary/aromatic N) is 2. The molecule has 11 nitrogen and oxygen atoms in total. The van der Waals surface area contributed by atoms with Gasteiger partial charge in [0.15, 0.2) is 5.96 Å². The lowest BCUT2D eigenvalue weighted by Gasteiger charge is -2.29. The minimum atomic E-state index is -2.03. The van der Waals surface area contributed by atoms with Crippen LogP contribution in [0.5, 0.6) is 0 Å². The number of nitrogens with one attached hydrogen (secondary N) is 4. The van der Waals surface area contributed by atoms with E-state index in [0.717, 1.165) is 35.5 Å². The van der Waals surface area contributed by atoms with Crippen LogP contribution >= 0.6 is 0 Å². The number of aliphatic imine (C=N–C) groups is 1. The first-order chi connectivity index (χ1) is 15.9. The summed E-state index contributed by atoms with van der Waals surface area (Å²) < 4.78 is 21.1. The van der Waals surface area contributed by atoms with Crippen molar-refractivity contribution in [2.24, 2.45) is 16.5 Å². The summed E-state index contributed by atoms with van der Waals surface area (Å²) in [5.41, 5.74) is 14.5. The monoisotopic (exact) mass is 475 g/mol. The fourth-order valence-corrected chi connectivity index (χ4v) is 3.80. The van der Waals surface area contributed by atoms with Crippen molar-refractivity contribution in [3.63, 3.8) is 0 Å². The van der Waals surface area contributed by atoms with E-state index in [0.29, 0.717) is 32.6 Å². The fraction of sp³-hybridized carbons (Fsp3) is 0.429. The molecule has 33 heavy (non-hydrogen) atoms. The van der Waals surface area contributed by atoms with Gasteiger partial charge in [-0.1, -0.05) is 23.2 Å². The lowest BCUT2D eigenvalue weighted by atomic mass is 10.1. The van der Waals surface area contributed by atoms with Crippen molar-refractivity contribution in [2.75, 3.05) is 36.8 Å². The highest BCUT2D eigenvalue weighted by Gasteiger charge is 2.30. The van der Waals surface area contributed by atoms with Crippen molar-refractivity contribution < 1.29 is 13.6 Å². The minimum Gasteiger partial charge on any atom is -0.772 e. The average Bonchev–Trinajstić information content (AvgIpc) is 3.17. The zero-order chi connectivity index (χ0) is 23.6. The molecule has 2 amide bonds. The van der Waals surface area contributed by atoms with Crippen LogP contribution in [0.25, 0.3) is 0 Å². The molecule has 2 unspecified atom stereocenters. The highest BCUT2D eigenvalue weighted by molar-refractivity contribution is 7.79. The molecule has 0 aromatic heterocycles. The van der Waals surface area contributed by atoms with Crippen LogP contribution in [0.3, 0.4) is 0 Å². The third-order valence-electron chi connectivity index (χ3n) is 5.14. The van der Waals surface area contributed by atoms with Crippen LogP contribution in [0.1, 0.15) is 18.4 Å². The molecule has 8 N–H and O–H groups in total. The van der Waals surface area contributed by atoms with Crippen molar-refractivity contribution in [3.05, 3.63) is 53.4 Å². The smallest absolute Gasteiger partial charge is 0.327 e. The van der Waals surface area contributed by atoms with E-state index in [-0.39, 0.29) is 23.9 Å². The van der Waals surface area contributed by atoms with Gasteiger partial charge in [-0.15, -0.1) is 0 Å². The molecule has 0 bridgehead atoms. The number of hydrogen-bond donors (Lipinski definition) is 6. The number of urea groups is 1. The molecule has 12 heteroatoms. The van der Waals surface area contributed by atoms with Gasteiger partial charge in [-0.25, -0.2) is 4.79 Å². The van der Waals surface area contributed by atoms with Crippen LogP contribution < -0.4 is 37.6 Å². The molecule has 0 saturated carbocycles. The molecule has 0 fully saturated rings. The number of carbonyl (C=O) groups is 1. The van der Waals surface area contributed by atoms with Crippen molar-refractivity contribution in [3.8, 4) is 0 Å². The Balaban J connectivity index is 1.49. The van der Waals surface area contributed by atoms with Crippen LogP contribution in [-0.4, -0.2) is 58.8 Å². The third kappa shape index (κ3) is 7.86. The number of carbonyl (C=O) groups excluding carboxylic acids is 1. The van der Waals surface area contributed by atoms with Gasteiger partial charge in [0.25, 0.3) is 0 Å². The minimum absolute atomic E-state index is 0.0968. The van der Waals surface area contributed by atoms with E-state index in [2.05, 4.69) is 26.3 Å². The number of fused-ring (bicyclic) bond motifs is 1. The summed E-state index contributed by atoms with van der Waals surface area (Å²) in [5.74, 6) is 0.206. The first-order valence-corrected chi connectivity index (χ1v) is 12.1. The second-order valence-electron chi connectivity index (χ2n) is 7.71. The fourth-order valence-electron chi connectivity index (χ4n) is 3.49. The summed E-state index contributed by atoms with van der Waals surface area (Å²) >= 11 is -2.03. The maximum absolute atomic E-state index is 12.6. The maximum Gasteiger partial charge on any atom is 0.327 e. The lowest BCUT2D eigenvalue weighted by Crippen LogP contribution is -2.51. The first kappa shape index (κ1) is 24.7. The van der Waals surface area contributed by atoms with E-state index in [4.69, 9.17) is 11.5 Å². The van der Waals surface area contributed by atoms with Gasteiger partial charge in [-0.05, 0) is 43.2 Å². The molecule has 0 aliphatic carbocycles. The molecule has 1 aromatic rings. The van der Waals surface area contributed by atoms with Gasteiger partial charge in [0.05, 0.1) is 5.69 Å². The Kier molecular flexibility index (Phi) is 9.24. The molecule has 2 heterocycles. The summed E-state index contributed by atoms with van der Waals surface area (Å²) in [6, 6.07) is 7.62. The van der Waals surface area contributed by atoms with Crippen LogP contribution in [0.4, 0.5) is 10.5 Å². The predicted octanol–water partition coefficient (Wildman–Crippen LogP) is -0.475. The largest absolute Gasteiger partial charge is 0.772 e. The summed E-state index contributed by atoms with van der Waals surface area (Å²) in [7, 11) is 0. The van der Waals surface area contributed by atoms with Gasteiger partial charge < -0.3 is 37.3 Å². The Bertz CT molecular complexity index is 928. The van der Waals surface area contributed by atoms with Gasteiger partial charge in [0.1, 0.15) is 6.17 Å². The van der Waals surface area contributed by atoms with Gasteiger partial charge in [-0.3, -0.25) is 14.1 Å². The van der Waals surface area contributed by atoms with E-state index in [9.17, 15) is 13.6 Å². The predicted molar refractivity (Wildman–Crippen MR) is 129 cm³/mol. The second-order valence-corrected chi connectivity index (χ2v) is 8.72. The van der Waals surface area contributed by atoms with E-state index in [1.54, 1.807) is 4.90 Å². The summed E-state index contributed by atoms with van der Waals surface area (Å²) in [4.78, 5) is 18.2. The lowest BCUT2D eigenvalue weighted by molar-refractivity contribution is 0.243. The number of rotatable bonds is 13. The zero-order valence-electron chi connectivity index (χ0n) is 18.4. The molecule has 2 atom stereocenters.